The van der Waals surface area contributed by atoms with Crippen LogP contribution in [0, 0.1) is 0 Å². The van der Waals surface area contributed by atoms with Crippen LogP contribution in [0.25, 0.3) is 0 Å². The van der Waals surface area contributed by atoms with Crippen LogP contribution >= 0.6 is 15.9 Å². The van der Waals surface area contributed by atoms with E-state index in [1.54, 1.807) is 6.07 Å². The summed E-state index contributed by atoms with van der Waals surface area (Å²) in [5, 5.41) is 0. The Morgan fingerprint density at radius 2 is 2.38 bits per heavy atom. The topological polar surface area (TPSA) is 61.6 Å². The first-order chi connectivity index (χ1) is 7.70. The van der Waals surface area contributed by atoms with Gasteiger partial charge in [0.1, 0.15) is 5.75 Å². The van der Waals surface area contributed by atoms with Crippen LogP contribution in [0.1, 0.15) is 12.0 Å². The molecule has 1 unspecified atom stereocenters. The molecule has 1 atom stereocenters. The fraction of sp³-hybridized carbons (Fsp3) is 0.364. The molecule has 0 aromatic heterocycles. The third kappa shape index (κ3) is 2.36. The summed E-state index contributed by atoms with van der Waals surface area (Å²) < 4.78 is 11.3. The maximum atomic E-state index is 11.2. The smallest absolute Gasteiger partial charge is 0.347 e. The first-order valence-electron chi connectivity index (χ1n) is 5.02. The molecule has 0 radical (unpaired) electrons. The Hall–Kier alpha value is -1.07. The van der Waals surface area contributed by atoms with E-state index >= 15 is 0 Å². The van der Waals surface area contributed by atoms with Crippen molar-refractivity contribution in [3.63, 3.8) is 0 Å². The van der Waals surface area contributed by atoms with Crippen molar-refractivity contribution < 1.29 is 14.3 Å². The fourth-order valence-electron chi connectivity index (χ4n) is 1.53. The molecule has 1 heterocycles. The zero-order valence-electron chi connectivity index (χ0n) is 8.61. The highest BCUT2D eigenvalue weighted by Crippen LogP contribution is 2.24. The van der Waals surface area contributed by atoms with E-state index in [-0.39, 0.29) is 5.97 Å². The Labute approximate surface area is 102 Å². The van der Waals surface area contributed by atoms with E-state index in [2.05, 4.69) is 15.9 Å². The number of hydrogen-bond donors (Lipinski definition) is 1. The van der Waals surface area contributed by atoms with E-state index in [0.717, 1.165) is 10.0 Å². The SMILES string of the molecule is NCc1cc(OC2CCOC2=O)ccc1Br. The molecule has 1 aromatic carbocycles. The number of benzene rings is 1. The van der Waals surface area contributed by atoms with Gasteiger partial charge in [-0.3, -0.25) is 0 Å². The quantitative estimate of drug-likeness (QED) is 0.857. The predicted molar refractivity (Wildman–Crippen MR) is 62.0 cm³/mol. The first kappa shape index (κ1) is 11.4. The maximum absolute atomic E-state index is 11.2. The van der Waals surface area contributed by atoms with Gasteiger partial charge >= 0.3 is 5.97 Å². The standard InChI is InChI=1S/C11H12BrNO3/c12-9-2-1-8(5-7(9)6-13)16-10-3-4-15-11(10)14/h1-2,5,10H,3-4,6,13H2. The molecular weight excluding hydrogens is 274 g/mol. The Morgan fingerprint density at radius 1 is 1.56 bits per heavy atom. The van der Waals surface area contributed by atoms with Crippen LogP contribution in [0.2, 0.25) is 0 Å². The van der Waals surface area contributed by atoms with E-state index in [4.69, 9.17) is 15.2 Å². The summed E-state index contributed by atoms with van der Waals surface area (Å²) >= 11 is 3.39. The molecule has 1 fully saturated rings. The molecule has 86 valence electrons. The lowest BCUT2D eigenvalue weighted by Crippen LogP contribution is -2.21. The fourth-order valence-corrected chi connectivity index (χ4v) is 1.94. The third-order valence-corrected chi connectivity index (χ3v) is 3.18. The van der Waals surface area contributed by atoms with Crippen molar-refractivity contribution in [2.75, 3.05) is 6.61 Å². The van der Waals surface area contributed by atoms with Gasteiger partial charge in [-0.05, 0) is 23.8 Å². The van der Waals surface area contributed by atoms with Crippen LogP contribution in [0.4, 0.5) is 0 Å². The summed E-state index contributed by atoms with van der Waals surface area (Å²) in [5.41, 5.74) is 6.53. The predicted octanol–water partition coefficient (Wildman–Crippen LogP) is 1.60. The summed E-state index contributed by atoms with van der Waals surface area (Å²) in [7, 11) is 0. The van der Waals surface area contributed by atoms with Crippen molar-refractivity contribution in [2.45, 2.75) is 19.1 Å². The largest absolute Gasteiger partial charge is 0.479 e. The molecule has 16 heavy (non-hydrogen) atoms. The molecular formula is C11H12BrNO3. The summed E-state index contributed by atoms with van der Waals surface area (Å²) in [6, 6.07) is 5.49. The lowest BCUT2D eigenvalue weighted by molar-refractivity contribution is -0.143. The molecule has 2 rings (SSSR count). The minimum atomic E-state index is -0.480. The Bertz CT molecular complexity index is 408. The summed E-state index contributed by atoms with van der Waals surface area (Å²) in [4.78, 5) is 11.2. The maximum Gasteiger partial charge on any atom is 0.347 e. The molecule has 0 amide bonds. The molecule has 0 aliphatic carbocycles. The molecule has 0 bridgehead atoms. The van der Waals surface area contributed by atoms with Crippen molar-refractivity contribution in [3.05, 3.63) is 28.2 Å². The van der Waals surface area contributed by atoms with Gasteiger partial charge in [0.05, 0.1) is 6.61 Å². The molecule has 1 saturated heterocycles. The Kier molecular flexibility index (Phi) is 3.46. The zero-order chi connectivity index (χ0) is 11.5. The van der Waals surface area contributed by atoms with Crippen molar-refractivity contribution in [2.24, 2.45) is 5.73 Å². The van der Waals surface area contributed by atoms with Gasteiger partial charge in [-0.25, -0.2) is 4.79 Å². The number of hydrogen-bond acceptors (Lipinski definition) is 4. The molecule has 1 aliphatic heterocycles. The number of carbonyl (C=O) groups excluding carboxylic acids is 1. The summed E-state index contributed by atoms with van der Waals surface area (Å²) in [6.45, 7) is 0.858. The van der Waals surface area contributed by atoms with Gasteiger partial charge in [0, 0.05) is 17.4 Å². The molecule has 1 aromatic rings. The molecule has 4 nitrogen and oxygen atoms in total. The van der Waals surface area contributed by atoms with Crippen LogP contribution in [0.5, 0.6) is 5.75 Å². The van der Waals surface area contributed by atoms with E-state index in [1.165, 1.54) is 0 Å². The normalized spacial score (nSPS) is 19.6. The van der Waals surface area contributed by atoms with Crippen LogP contribution in [0.3, 0.4) is 0 Å². The number of nitrogens with two attached hydrogens (primary N) is 1. The van der Waals surface area contributed by atoms with Gasteiger partial charge in [0.15, 0.2) is 6.10 Å². The molecule has 0 saturated carbocycles. The monoisotopic (exact) mass is 285 g/mol. The number of ether oxygens (including phenoxy) is 2. The van der Waals surface area contributed by atoms with E-state index < -0.39 is 6.10 Å². The average molecular weight is 286 g/mol. The first-order valence-corrected chi connectivity index (χ1v) is 5.82. The second kappa shape index (κ2) is 4.84. The van der Waals surface area contributed by atoms with Gasteiger partial charge in [0.25, 0.3) is 0 Å². The van der Waals surface area contributed by atoms with Crippen molar-refractivity contribution in [1.29, 1.82) is 0 Å². The number of halogens is 1. The minimum Gasteiger partial charge on any atom is -0.479 e. The number of carbonyl (C=O) groups is 1. The Balaban J connectivity index is 2.12. The highest BCUT2D eigenvalue weighted by molar-refractivity contribution is 9.10. The van der Waals surface area contributed by atoms with Gasteiger partial charge in [-0.1, -0.05) is 15.9 Å². The van der Waals surface area contributed by atoms with Crippen LogP contribution in [0.15, 0.2) is 22.7 Å². The number of esters is 1. The Morgan fingerprint density at radius 3 is 3.00 bits per heavy atom. The van der Waals surface area contributed by atoms with E-state index in [0.29, 0.717) is 25.3 Å². The highest BCUT2D eigenvalue weighted by Gasteiger charge is 2.28. The zero-order valence-corrected chi connectivity index (χ0v) is 10.2. The molecule has 1 aliphatic rings. The lowest BCUT2D eigenvalue weighted by Gasteiger charge is -2.11. The minimum absolute atomic E-state index is 0.294. The van der Waals surface area contributed by atoms with Crippen LogP contribution < -0.4 is 10.5 Å². The lowest BCUT2D eigenvalue weighted by atomic mass is 10.2. The van der Waals surface area contributed by atoms with E-state index in [9.17, 15) is 4.79 Å². The number of rotatable bonds is 3. The van der Waals surface area contributed by atoms with Crippen LogP contribution in [-0.4, -0.2) is 18.7 Å². The second-order valence-corrected chi connectivity index (χ2v) is 4.37. The number of cyclic esters (lactones) is 1. The van der Waals surface area contributed by atoms with Gasteiger partial charge in [-0.15, -0.1) is 0 Å². The molecule has 0 spiro atoms. The average Bonchev–Trinajstić information content (AvgIpc) is 2.67. The van der Waals surface area contributed by atoms with Crippen LogP contribution in [-0.2, 0) is 16.1 Å². The van der Waals surface area contributed by atoms with Crippen molar-refractivity contribution >= 4 is 21.9 Å². The van der Waals surface area contributed by atoms with Gasteiger partial charge in [0.2, 0.25) is 0 Å². The highest BCUT2D eigenvalue weighted by atomic mass is 79.9. The molecule has 5 heteroatoms. The van der Waals surface area contributed by atoms with Gasteiger partial charge < -0.3 is 15.2 Å². The summed E-state index contributed by atoms with van der Waals surface area (Å²) in [6.07, 6.45) is 0.124. The van der Waals surface area contributed by atoms with Gasteiger partial charge in [-0.2, -0.15) is 0 Å². The third-order valence-electron chi connectivity index (χ3n) is 2.40. The molecule has 2 N–H and O–H groups in total. The van der Waals surface area contributed by atoms with Crippen molar-refractivity contribution in [3.8, 4) is 5.75 Å². The van der Waals surface area contributed by atoms with E-state index in [1.807, 2.05) is 12.1 Å². The van der Waals surface area contributed by atoms with Crippen molar-refractivity contribution in [1.82, 2.24) is 0 Å². The second-order valence-electron chi connectivity index (χ2n) is 3.52. The summed E-state index contributed by atoms with van der Waals surface area (Å²) in [5.74, 6) is 0.352.